The van der Waals surface area contributed by atoms with E-state index < -0.39 is 22.7 Å². The van der Waals surface area contributed by atoms with Gasteiger partial charge in [-0.15, -0.1) is 0 Å². The highest BCUT2D eigenvalue weighted by atomic mass is 79.9. The summed E-state index contributed by atoms with van der Waals surface area (Å²) < 4.78 is 24.2. The summed E-state index contributed by atoms with van der Waals surface area (Å²) in [5, 5.41) is 10.5. The number of carbonyl (C=O) groups is 1. The molecule has 0 atom stereocenters. The summed E-state index contributed by atoms with van der Waals surface area (Å²) in [6.07, 6.45) is -2.74. The smallest absolute Gasteiger partial charge is 0.284 e. The van der Waals surface area contributed by atoms with Crippen LogP contribution in [0.2, 0.25) is 0 Å². The molecule has 1 aromatic rings. The predicted octanol–water partition coefficient (Wildman–Crippen LogP) is 2.50. The largest absolute Gasteiger partial charge is 0.298 e. The Morgan fingerprint density at radius 1 is 1.60 bits per heavy atom. The van der Waals surface area contributed by atoms with E-state index in [-0.39, 0.29) is 16.5 Å². The first-order chi connectivity index (χ1) is 6.97. The van der Waals surface area contributed by atoms with Gasteiger partial charge < -0.3 is 0 Å². The van der Waals surface area contributed by atoms with Gasteiger partial charge in [-0.2, -0.15) is 0 Å². The highest BCUT2D eigenvalue weighted by Crippen LogP contribution is 2.28. The Kier molecular flexibility index (Phi) is 3.40. The number of aldehydes is 1. The number of hydrogen-bond donors (Lipinski definition) is 0. The molecule has 0 N–H and O–H groups in total. The first-order valence-corrected chi connectivity index (χ1v) is 4.34. The average molecular weight is 281 g/mol. The number of halogens is 3. The van der Waals surface area contributed by atoms with Crippen LogP contribution in [0.3, 0.4) is 0 Å². The molecule has 0 amide bonds. The van der Waals surface area contributed by atoms with Crippen LogP contribution in [-0.4, -0.2) is 16.2 Å². The molecule has 0 fully saturated rings. The third-order valence-corrected chi connectivity index (χ3v) is 2.15. The molecule has 15 heavy (non-hydrogen) atoms. The van der Waals surface area contributed by atoms with Crippen LogP contribution >= 0.6 is 15.9 Å². The van der Waals surface area contributed by atoms with Gasteiger partial charge in [0.15, 0.2) is 6.29 Å². The lowest BCUT2D eigenvalue weighted by Crippen LogP contribution is -2.01. The molecule has 1 heterocycles. The normalized spacial score (nSPS) is 10.4. The zero-order valence-corrected chi connectivity index (χ0v) is 8.57. The van der Waals surface area contributed by atoms with Gasteiger partial charge in [-0.1, -0.05) is 0 Å². The fraction of sp³-hybridized carbons (Fsp3) is 0.143. The summed E-state index contributed by atoms with van der Waals surface area (Å²) in [4.78, 5) is 23.3. The Morgan fingerprint density at radius 3 is 2.60 bits per heavy atom. The molecule has 1 aromatic heterocycles. The van der Waals surface area contributed by atoms with Crippen molar-refractivity contribution < 1.29 is 18.5 Å². The molecule has 5 nitrogen and oxygen atoms in total. The first-order valence-electron chi connectivity index (χ1n) is 3.55. The molecule has 1 rings (SSSR count). The summed E-state index contributed by atoms with van der Waals surface area (Å²) in [6, 6.07) is 0.582. The summed E-state index contributed by atoms with van der Waals surface area (Å²) >= 11 is 2.71. The quantitative estimate of drug-likeness (QED) is 0.369. The Morgan fingerprint density at radius 2 is 2.20 bits per heavy atom. The maximum absolute atomic E-state index is 12.2. The first kappa shape index (κ1) is 11.6. The Balaban J connectivity index is 3.45. The maximum Gasteiger partial charge on any atom is 0.284 e. The van der Waals surface area contributed by atoms with Gasteiger partial charge in [0.05, 0.1) is 4.92 Å². The van der Waals surface area contributed by atoms with Crippen molar-refractivity contribution in [1.82, 2.24) is 4.98 Å². The van der Waals surface area contributed by atoms with E-state index >= 15 is 0 Å². The van der Waals surface area contributed by atoms with Crippen molar-refractivity contribution in [2.45, 2.75) is 6.43 Å². The van der Waals surface area contributed by atoms with Crippen molar-refractivity contribution in [2.75, 3.05) is 0 Å². The van der Waals surface area contributed by atoms with Gasteiger partial charge in [-0.25, -0.2) is 13.8 Å². The number of rotatable bonds is 3. The number of aromatic nitrogens is 1. The third-order valence-electron chi connectivity index (χ3n) is 1.55. The second-order valence-corrected chi connectivity index (χ2v) is 3.20. The van der Waals surface area contributed by atoms with Gasteiger partial charge >= 0.3 is 0 Å². The van der Waals surface area contributed by atoms with E-state index in [1.165, 1.54) is 0 Å². The van der Waals surface area contributed by atoms with Crippen LogP contribution in [0.25, 0.3) is 0 Å². The van der Waals surface area contributed by atoms with Gasteiger partial charge in [-0.3, -0.25) is 14.9 Å². The van der Waals surface area contributed by atoms with E-state index in [2.05, 4.69) is 20.9 Å². The fourth-order valence-corrected chi connectivity index (χ4v) is 1.40. The Bertz CT molecular complexity index is 425. The monoisotopic (exact) mass is 280 g/mol. The molecule has 0 aromatic carbocycles. The summed E-state index contributed by atoms with van der Waals surface area (Å²) in [5.41, 5.74) is -1.80. The minimum Gasteiger partial charge on any atom is -0.298 e. The number of carbonyl (C=O) groups excluding carboxylic acids is 1. The van der Waals surface area contributed by atoms with Crippen LogP contribution < -0.4 is 0 Å². The van der Waals surface area contributed by atoms with Crippen LogP contribution in [-0.2, 0) is 0 Å². The number of nitro groups is 1. The third kappa shape index (κ3) is 2.32. The second-order valence-electron chi connectivity index (χ2n) is 2.45. The van der Waals surface area contributed by atoms with E-state index in [0.29, 0.717) is 6.07 Å². The van der Waals surface area contributed by atoms with Crippen LogP contribution in [0.5, 0.6) is 0 Å². The van der Waals surface area contributed by atoms with Crippen molar-refractivity contribution >= 4 is 27.9 Å². The molecule has 8 heteroatoms. The number of nitrogens with zero attached hydrogens (tertiary/aromatic N) is 2. The second kappa shape index (κ2) is 4.39. The highest BCUT2D eigenvalue weighted by Gasteiger charge is 2.22. The molecule has 0 aliphatic heterocycles. The molecule has 0 saturated carbocycles. The van der Waals surface area contributed by atoms with E-state index in [1.54, 1.807) is 0 Å². The molecular formula is C7H3BrF2N2O3. The van der Waals surface area contributed by atoms with Crippen LogP contribution in [0.15, 0.2) is 10.7 Å². The van der Waals surface area contributed by atoms with Crippen LogP contribution in [0.4, 0.5) is 14.5 Å². The molecular weight excluding hydrogens is 278 g/mol. The van der Waals surface area contributed by atoms with Crippen molar-refractivity contribution in [1.29, 1.82) is 0 Å². The molecule has 0 saturated heterocycles. The van der Waals surface area contributed by atoms with Gasteiger partial charge in [-0.05, 0) is 15.9 Å². The van der Waals surface area contributed by atoms with E-state index in [9.17, 15) is 23.7 Å². The van der Waals surface area contributed by atoms with Crippen molar-refractivity contribution in [3.8, 4) is 0 Å². The lowest BCUT2D eigenvalue weighted by atomic mass is 10.2. The van der Waals surface area contributed by atoms with Crippen LogP contribution in [0.1, 0.15) is 22.5 Å². The van der Waals surface area contributed by atoms with Gasteiger partial charge in [0.1, 0.15) is 15.9 Å². The van der Waals surface area contributed by atoms with Crippen molar-refractivity contribution in [2.24, 2.45) is 0 Å². The molecule has 0 aliphatic rings. The lowest BCUT2D eigenvalue weighted by Gasteiger charge is -2.02. The van der Waals surface area contributed by atoms with Gasteiger partial charge in [0, 0.05) is 6.07 Å². The zero-order chi connectivity index (χ0) is 11.6. The molecule has 80 valence electrons. The topological polar surface area (TPSA) is 73.1 Å². The minimum absolute atomic E-state index is 0.185. The van der Waals surface area contributed by atoms with Crippen LogP contribution in [0, 0.1) is 10.1 Å². The molecule has 0 unspecified atom stereocenters. The van der Waals surface area contributed by atoms with Crippen molar-refractivity contribution in [3.63, 3.8) is 0 Å². The van der Waals surface area contributed by atoms with E-state index in [1.807, 2.05) is 0 Å². The van der Waals surface area contributed by atoms with E-state index in [4.69, 9.17) is 0 Å². The average Bonchev–Trinajstić information content (AvgIpc) is 2.16. The lowest BCUT2D eigenvalue weighted by molar-refractivity contribution is -0.385. The zero-order valence-electron chi connectivity index (χ0n) is 6.99. The van der Waals surface area contributed by atoms with Crippen molar-refractivity contribution in [3.05, 3.63) is 32.0 Å². The minimum atomic E-state index is -2.93. The predicted molar refractivity (Wildman–Crippen MR) is 48.9 cm³/mol. The molecule has 0 aliphatic carbocycles. The Labute approximate surface area is 90.4 Å². The Hall–Kier alpha value is -1.44. The van der Waals surface area contributed by atoms with Gasteiger partial charge in [0.25, 0.3) is 12.1 Å². The highest BCUT2D eigenvalue weighted by molar-refractivity contribution is 9.10. The number of hydrogen-bond acceptors (Lipinski definition) is 4. The standard InChI is InChI=1S/C7H3BrF2N2O3/c8-6-3(2-13)5(12(14)15)1-4(11-6)7(9)10/h1-2,7H. The molecule has 0 bridgehead atoms. The SMILES string of the molecule is O=Cc1c([N+](=O)[O-])cc(C(F)F)nc1Br. The summed E-state index contributed by atoms with van der Waals surface area (Å²) in [7, 11) is 0. The fourth-order valence-electron chi connectivity index (χ4n) is 0.901. The summed E-state index contributed by atoms with van der Waals surface area (Å²) in [6.45, 7) is 0. The van der Waals surface area contributed by atoms with E-state index in [0.717, 1.165) is 0 Å². The number of pyridine rings is 1. The molecule has 0 radical (unpaired) electrons. The number of alkyl halides is 2. The summed E-state index contributed by atoms with van der Waals surface area (Å²) in [5.74, 6) is 0. The molecule has 0 spiro atoms. The van der Waals surface area contributed by atoms with Gasteiger partial charge in [0.2, 0.25) is 0 Å². The maximum atomic E-state index is 12.2.